The van der Waals surface area contributed by atoms with E-state index in [0.717, 1.165) is 17.4 Å². The molecule has 1 rings (SSSR count). The summed E-state index contributed by atoms with van der Waals surface area (Å²) in [7, 11) is -0.791. The van der Waals surface area contributed by atoms with E-state index < -0.39 is 10.8 Å². The summed E-state index contributed by atoms with van der Waals surface area (Å²) < 4.78 is 13.6. The Balaban J connectivity index is 2.49. The van der Waals surface area contributed by atoms with Gasteiger partial charge in [0.15, 0.2) is 0 Å². The van der Waals surface area contributed by atoms with Crippen molar-refractivity contribution >= 4 is 32.6 Å². The van der Waals surface area contributed by atoms with Crippen LogP contribution < -0.4 is 5.32 Å². The molecule has 0 aliphatic heterocycles. The topological polar surface area (TPSA) is 51.1 Å². The van der Waals surface area contributed by atoms with Crippen molar-refractivity contribution < 1.29 is 9.00 Å². The molecule has 1 aromatic rings. The van der Waals surface area contributed by atoms with E-state index in [1.165, 1.54) is 0 Å². The molecule has 0 saturated carbocycles. The van der Waals surface area contributed by atoms with Crippen molar-refractivity contribution in [1.82, 2.24) is 9.88 Å². The smallest absolute Gasteiger partial charge is 0.267 e. The van der Waals surface area contributed by atoms with Crippen LogP contribution in [0.4, 0.5) is 0 Å². The number of aryl methyl sites for hydroxylation is 1. The Morgan fingerprint density at radius 3 is 2.88 bits per heavy atom. The molecule has 4 nitrogen and oxygen atoms in total. The largest absolute Gasteiger partial charge is 0.351 e. The van der Waals surface area contributed by atoms with Gasteiger partial charge in [0.1, 0.15) is 5.69 Å². The Hall–Kier alpha value is -0.620. The summed E-state index contributed by atoms with van der Waals surface area (Å²) in [5.74, 6) is 0.540. The first-order valence-corrected chi connectivity index (χ1v) is 8.00. The van der Waals surface area contributed by atoms with Crippen LogP contribution in [0.3, 0.4) is 0 Å². The molecule has 6 heteroatoms. The number of rotatable bonds is 6. The minimum Gasteiger partial charge on any atom is -0.351 e. The molecule has 1 atom stereocenters. The van der Waals surface area contributed by atoms with E-state index in [4.69, 9.17) is 0 Å². The average molecular weight is 321 g/mol. The molecule has 1 amide bonds. The molecular weight excluding hydrogens is 304 g/mol. The summed E-state index contributed by atoms with van der Waals surface area (Å²) in [5.41, 5.74) is 0.650. The Morgan fingerprint density at radius 2 is 2.29 bits per heavy atom. The molecule has 0 aliphatic carbocycles. The minimum absolute atomic E-state index is 0.0839. The zero-order valence-corrected chi connectivity index (χ0v) is 12.4. The summed E-state index contributed by atoms with van der Waals surface area (Å²) in [6.45, 7) is 3.31. The van der Waals surface area contributed by atoms with Crippen LogP contribution in [0.1, 0.15) is 23.8 Å². The van der Waals surface area contributed by atoms with Gasteiger partial charge in [0.25, 0.3) is 5.91 Å². The number of hydrogen-bond acceptors (Lipinski definition) is 2. The van der Waals surface area contributed by atoms with Crippen LogP contribution in [0.15, 0.2) is 16.7 Å². The Kier molecular flexibility index (Phi) is 5.91. The lowest BCUT2D eigenvalue weighted by Gasteiger charge is -2.07. The molecular formula is C11H17BrN2O2S. The van der Waals surface area contributed by atoms with E-state index in [9.17, 15) is 9.00 Å². The second kappa shape index (κ2) is 6.96. The monoisotopic (exact) mass is 320 g/mol. The number of amides is 1. The number of hydrogen-bond donors (Lipinski definition) is 1. The van der Waals surface area contributed by atoms with Gasteiger partial charge in [-0.3, -0.25) is 9.00 Å². The molecule has 0 spiro atoms. The quantitative estimate of drug-likeness (QED) is 0.812. The van der Waals surface area contributed by atoms with Gasteiger partial charge in [0, 0.05) is 46.6 Å². The molecule has 1 unspecified atom stereocenters. The van der Waals surface area contributed by atoms with E-state index >= 15 is 0 Å². The van der Waals surface area contributed by atoms with Crippen LogP contribution in [0.2, 0.25) is 0 Å². The third-order valence-electron chi connectivity index (χ3n) is 2.33. The lowest BCUT2D eigenvalue weighted by Crippen LogP contribution is -2.27. The highest BCUT2D eigenvalue weighted by Crippen LogP contribution is 2.14. The van der Waals surface area contributed by atoms with Crippen molar-refractivity contribution in [2.45, 2.75) is 19.9 Å². The molecule has 0 aromatic carbocycles. The third kappa shape index (κ3) is 4.63. The summed E-state index contributed by atoms with van der Waals surface area (Å²) in [6, 6.07) is 1.80. The lowest BCUT2D eigenvalue weighted by atomic mass is 10.3. The third-order valence-corrected chi connectivity index (χ3v) is 3.63. The highest BCUT2D eigenvalue weighted by atomic mass is 79.9. The maximum atomic E-state index is 11.9. The van der Waals surface area contributed by atoms with Crippen molar-refractivity contribution in [3.8, 4) is 0 Å². The van der Waals surface area contributed by atoms with Crippen molar-refractivity contribution in [3.05, 3.63) is 22.4 Å². The van der Waals surface area contributed by atoms with E-state index in [1.807, 2.05) is 17.7 Å². The zero-order valence-electron chi connectivity index (χ0n) is 10.0. The van der Waals surface area contributed by atoms with Crippen LogP contribution in [0.25, 0.3) is 0 Å². The molecule has 1 N–H and O–H groups in total. The van der Waals surface area contributed by atoms with Gasteiger partial charge in [-0.1, -0.05) is 0 Å². The standard InChI is InChI=1S/C11H17BrN2O2S/c1-3-14-8-9(12)7-10(14)11(15)13-5-4-6-17(2)16/h7-8H,3-6H2,1-2H3,(H,13,15). The van der Waals surface area contributed by atoms with Gasteiger partial charge in [-0.25, -0.2) is 0 Å². The van der Waals surface area contributed by atoms with Gasteiger partial charge in [0.05, 0.1) is 0 Å². The second-order valence-electron chi connectivity index (χ2n) is 3.72. The normalized spacial score (nSPS) is 12.4. The second-order valence-corrected chi connectivity index (χ2v) is 6.19. The molecule has 0 radical (unpaired) electrons. The molecule has 1 aromatic heterocycles. The highest BCUT2D eigenvalue weighted by molar-refractivity contribution is 9.10. The van der Waals surface area contributed by atoms with Gasteiger partial charge in [-0.15, -0.1) is 0 Å². The molecule has 0 saturated heterocycles. The van der Waals surface area contributed by atoms with E-state index in [0.29, 0.717) is 18.0 Å². The first-order chi connectivity index (χ1) is 8.04. The number of nitrogens with zero attached hydrogens (tertiary/aromatic N) is 1. The fraction of sp³-hybridized carbons (Fsp3) is 0.545. The Morgan fingerprint density at radius 1 is 1.59 bits per heavy atom. The van der Waals surface area contributed by atoms with Crippen LogP contribution in [-0.4, -0.2) is 33.2 Å². The van der Waals surface area contributed by atoms with Crippen LogP contribution in [-0.2, 0) is 17.3 Å². The maximum absolute atomic E-state index is 11.9. The SMILES string of the molecule is CCn1cc(Br)cc1C(=O)NCCCS(C)=O. The number of carbonyl (C=O) groups excluding carboxylic acids is 1. The molecule has 17 heavy (non-hydrogen) atoms. The van der Waals surface area contributed by atoms with Crippen LogP contribution in [0, 0.1) is 0 Å². The number of nitrogens with one attached hydrogen (secondary N) is 1. The minimum atomic E-state index is -0.791. The van der Waals surface area contributed by atoms with Crippen LogP contribution >= 0.6 is 15.9 Å². The van der Waals surface area contributed by atoms with Crippen molar-refractivity contribution in [3.63, 3.8) is 0 Å². The fourth-order valence-corrected chi connectivity index (χ4v) is 2.51. The Labute approximate surface area is 112 Å². The van der Waals surface area contributed by atoms with Crippen molar-refractivity contribution in [2.75, 3.05) is 18.6 Å². The number of aromatic nitrogens is 1. The predicted octanol–water partition coefficient (Wildman–Crippen LogP) is 1.77. The lowest BCUT2D eigenvalue weighted by molar-refractivity contribution is 0.0944. The summed E-state index contributed by atoms with van der Waals surface area (Å²) >= 11 is 3.35. The zero-order chi connectivity index (χ0) is 12.8. The number of carbonyl (C=O) groups is 1. The van der Waals surface area contributed by atoms with Gasteiger partial charge >= 0.3 is 0 Å². The molecule has 96 valence electrons. The summed E-state index contributed by atoms with van der Waals surface area (Å²) in [4.78, 5) is 11.9. The Bertz CT molecular complexity index is 418. The van der Waals surface area contributed by atoms with Gasteiger partial charge in [-0.05, 0) is 35.3 Å². The molecule has 1 heterocycles. The highest BCUT2D eigenvalue weighted by Gasteiger charge is 2.11. The fourth-order valence-electron chi connectivity index (χ4n) is 1.49. The van der Waals surface area contributed by atoms with Crippen LogP contribution in [0.5, 0.6) is 0 Å². The summed E-state index contributed by atoms with van der Waals surface area (Å²) in [5, 5.41) is 2.83. The predicted molar refractivity (Wildman–Crippen MR) is 73.7 cm³/mol. The van der Waals surface area contributed by atoms with Crippen molar-refractivity contribution in [1.29, 1.82) is 0 Å². The first-order valence-electron chi connectivity index (χ1n) is 5.48. The molecule has 0 aliphatic rings. The molecule has 0 bridgehead atoms. The number of halogens is 1. The van der Waals surface area contributed by atoms with E-state index in [1.54, 1.807) is 12.3 Å². The summed E-state index contributed by atoms with van der Waals surface area (Å²) in [6.07, 6.45) is 4.29. The maximum Gasteiger partial charge on any atom is 0.267 e. The first kappa shape index (κ1) is 14.4. The van der Waals surface area contributed by atoms with E-state index in [2.05, 4.69) is 21.2 Å². The molecule has 0 fully saturated rings. The van der Waals surface area contributed by atoms with Gasteiger partial charge in [-0.2, -0.15) is 0 Å². The van der Waals surface area contributed by atoms with Crippen molar-refractivity contribution in [2.24, 2.45) is 0 Å². The average Bonchev–Trinajstić information content (AvgIpc) is 2.65. The van der Waals surface area contributed by atoms with E-state index in [-0.39, 0.29) is 5.91 Å². The van der Waals surface area contributed by atoms with Gasteiger partial charge < -0.3 is 9.88 Å². The van der Waals surface area contributed by atoms with Gasteiger partial charge in [0.2, 0.25) is 0 Å².